The number of aryl methyl sites for hydroxylation is 1. The standard InChI is InChI=1S/C32H43ClN6O9/c1-4-46-29(41)21-45-14-13-43-11-12-44-15-16-47-24-7-9-39(10-8-24)32-35-19-25(33)30(37-32)36-23-5-6-26-22(17-23)18-27(31(42)38(26)3)48-20-28(40)34-2/h5-6,17-19,24H,4,7-16,20-21H2,1-3H3,(H,34,40)(H,35,36,37). The zero-order chi connectivity index (χ0) is 34.3. The molecule has 48 heavy (non-hydrogen) atoms. The lowest BCUT2D eigenvalue weighted by atomic mass is 10.1. The van der Waals surface area contributed by atoms with Crippen molar-refractivity contribution in [3.05, 3.63) is 45.8 Å². The number of carbonyl (C=O) groups excluding carboxylic acids is 2. The van der Waals surface area contributed by atoms with E-state index in [1.807, 2.05) is 18.2 Å². The molecule has 0 aliphatic carbocycles. The zero-order valence-electron chi connectivity index (χ0n) is 27.5. The number of aromatic nitrogens is 3. The average Bonchev–Trinajstić information content (AvgIpc) is 3.09. The first-order valence-electron chi connectivity index (χ1n) is 15.8. The number of anilines is 3. The van der Waals surface area contributed by atoms with Crippen LogP contribution in [0.15, 0.2) is 35.3 Å². The molecule has 1 aromatic carbocycles. The first-order valence-corrected chi connectivity index (χ1v) is 16.2. The molecule has 4 rings (SSSR count). The van der Waals surface area contributed by atoms with Gasteiger partial charge in [-0.05, 0) is 44.0 Å². The largest absolute Gasteiger partial charge is 0.478 e. The number of amides is 1. The number of nitrogens with zero attached hydrogens (tertiary/aromatic N) is 4. The molecule has 15 nitrogen and oxygen atoms in total. The van der Waals surface area contributed by atoms with E-state index in [4.69, 9.17) is 45.0 Å². The summed E-state index contributed by atoms with van der Waals surface area (Å²) in [6, 6.07) is 7.11. The lowest BCUT2D eigenvalue weighted by molar-refractivity contribution is -0.149. The van der Waals surface area contributed by atoms with E-state index in [0.717, 1.165) is 31.3 Å². The van der Waals surface area contributed by atoms with Crippen molar-refractivity contribution in [1.82, 2.24) is 19.9 Å². The van der Waals surface area contributed by atoms with Crippen LogP contribution in [0.4, 0.5) is 17.5 Å². The molecule has 2 aromatic heterocycles. The van der Waals surface area contributed by atoms with E-state index in [1.54, 1.807) is 26.2 Å². The average molecular weight is 691 g/mol. The fourth-order valence-corrected chi connectivity index (χ4v) is 5.02. The van der Waals surface area contributed by atoms with Crippen LogP contribution in [-0.2, 0) is 40.3 Å². The number of hydrogen-bond acceptors (Lipinski definition) is 13. The van der Waals surface area contributed by atoms with Gasteiger partial charge in [-0.3, -0.25) is 9.59 Å². The molecule has 0 saturated carbocycles. The Morgan fingerprint density at radius 2 is 1.71 bits per heavy atom. The second-order valence-electron chi connectivity index (χ2n) is 10.7. The monoisotopic (exact) mass is 690 g/mol. The molecule has 0 bridgehead atoms. The summed E-state index contributed by atoms with van der Waals surface area (Å²) in [5.74, 6) is 0.362. The number of halogens is 1. The molecular formula is C32H43ClN6O9. The predicted octanol–water partition coefficient (Wildman–Crippen LogP) is 2.45. The van der Waals surface area contributed by atoms with Gasteiger partial charge in [0.1, 0.15) is 11.6 Å². The Hall–Kier alpha value is -4.02. The highest BCUT2D eigenvalue weighted by molar-refractivity contribution is 6.32. The molecule has 262 valence electrons. The van der Waals surface area contributed by atoms with E-state index in [1.165, 1.54) is 11.6 Å². The quantitative estimate of drug-likeness (QED) is 0.139. The summed E-state index contributed by atoms with van der Waals surface area (Å²) >= 11 is 6.46. The van der Waals surface area contributed by atoms with Crippen molar-refractivity contribution in [3.8, 4) is 5.75 Å². The van der Waals surface area contributed by atoms with Crippen LogP contribution < -0.4 is 25.8 Å². The number of esters is 1. The number of benzene rings is 1. The van der Waals surface area contributed by atoms with Crippen LogP contribution in [0.5, 0.6) is 5.75 Å². The molecule has 1 amide bonds. The van der Waals surface area contributed by atoms with Gasteiger partial charge in [0.15, 0.2) is 18.2 Å². The number of piperidine rings is 1. The third-order valence-corrected chi connectivity index (χ3v) is 7.67. The predicted molar refractivity (Wildman–Crippen MR) is 179 cm³/mol. The number of nitrogens with one attached hydrogen (secondary N) is 2. The Bertz CT molecular complexity index is 1570. The second-order valence-corrected chi connectivity index (χ2v) is 11.1. The molecule has 3 heterocycles. The van der Waals surface area contributed by atoms with E-state index < -0.39 is 0 Å². The van der Waals surface area contributed by atoms with Gasteiger partial charge in [0.25, 0.3) is 11.5 Å². The van der Waals surface area contributed by atoms with E-state index >= 15 is 0 Å². The van der Waals surface area contributed by atoms with Crippen molar-refractivity contribution in [2.45, 2.75) is 25.9 Å². The van der Waals surface area contributed by atoms with E-state index in [9.17, 15) is 14.4 Å². The van der Waals surface area contributed by atoms with Crippen molar-refractivity contribution < 1.29 is 38.0 Å². The number of fused-ring (bicyclic) bond motifs is 1. The highest BCUT2D eigenvalue weighted by Gasteiger charge is 2.22. The molecule has 0 spiro atoms. The SMILES string of the molecule is CCOC(=O)COCCOCCOCCOC1CCN(c2ncc(Cl)c(Nc3ccc4c(c3)cc(OCC(=O)NC)c(=O)n4C)n2)CC1. The third kappa shape index (κ3) is 11.0. The minimum Gasteiger partial charge on any atom is -0.478 e. The van der Waals surface area contributed by atoms with Crippen molar-refractivity contribution in [3.63, 3.8) is 0 Å². The first-order chi connectivity index (χ1) is 23.3. The number of carbonyl (C=O) groups is 2. The van der Waals surface area contributed by atoms with E-state index in [0.29, 0.717) is 74.2 Å². The van der Waals surface area contributed by atoms with Crippen molar-refractivity contribution in [1.29, 1.82) is 0 Å². The Kier molecular flexibility index (Phi) is 14.6. The number of pyridine rings is 1. The van der Waals surface area contributed by atoms with Crippen LogP contribution in [0.2, 0.25) is 5.02 Å². The number of likely N-dealkylation sites (N-methyl/N-ethyl adjacent to an activating group) is 1. The fourth-order valence-electron chi connectivity index (χ4n) is 4.88. The van der Waals surface area contributed by atoms with Crippen LogP contribution in [0.25, 0.3) is 10.9 Å². The number of ether oxygens (including phenoxy) is 6. The van der Waals surface area contributed by atoms with Crippen molar-refractivity contribution in [2.24, 2.45) is 7.05 Å². The van der Waals surface area contributed by atoms with Gasteiger partial charge in [-0.25, -0.2) is 9.78 Å². The minimum atomic E-state index is -0.384. The Balaban J connectivity index is 1.20. The van der Waals surface area contributed by atoms with Crippen molar-refractivity contribution >= 4 is 51.8 Å². The lowest BCUT2D eigenvalue weighted by Gasteiger charge is -2.32. The fraction of sp³-hybridized carbons (Fsp3) is 0.531. The van der Waals surface area contributed by atoms with Crippen LogP contribution in [-0.4, -0.2) is 112 Å². The molecule has 0 atom stereocenters. The maximum absolute atomic E-state index is 12.7. The van der Waals surface area contributed by atoms with Gasteiger partial charge >= 0.3 is 5.97 Å². The summed E-state index contributed by atoms with van der Waals surface area (Å²) in [6.45, 7) is 5.70. The molecule has 1 saturated heterocycles. The molecule has 1 aliphatic rings. The van der Waals surface area contributed by atoms with Crippen LogP contribution in [0, 0.1) is 0 Å². The van der Waals surface area contributed by atoms with Gasteiger partial charge < -0.3 is 48.5 Å². The van der Waals surface area contributed by atoms with Gasteiger partial charge in [0.2, 0.25) is 5.95 Å². The summed E-state index contributed by atoms with van der Waals surface area (Å²) in [5.41, 5.74) is 1.06. The van der Waals surface area contributed by atoms with Gasteiger partial charge in [-0.15, -0.1) is 0 Å². The number of hydrogen-bond donors (Lipinski definition) is 2. The van der Waals surface area contributed by atoms with E-state index in [2.05, 4.69) is 20.5 Å². The molecule has 1 aliphatic heterocycles. The first kappa shape index (κ1) is 36.8. The van der Waals surface area contributed by atoms with Crippen LogP contribution >= 0.6 is 11.6 Å². The summed E-state index contributed by atoms with van der Waals surface area (Å²) in [6.07, 6.45) is 3.32. The minimum absolute atomic E-state index is 0.0746. The highest BCUT2D eigenvalue weighted by Crippen LogP contribution is 2.28. The third-order valence-electron chi connectivity index (χ3n) is 7.40. The molecule has 1 fully saturated rings. The summed E-state index contributed by atoms with van der Waals surface area (Å²) in [4.78, 5) is 46.7. The van der Waals surface area contributed by atoms with Gasteiger partial charge in [0.05, 0.1) is 64.1 Å². The second kappa shape index (κ2) is 19.1. The highest BCUT2D eigenvalue weighted by atomic mass is 35.5. The molecule has 2 N–H and O–H groups in total. The van der Waals surface area contributed by atoms with E-state index in [-0.39, 0.29) is 42.5 Å². The summed E-state index contributed by atoms with van der Waals surface area (Å²) < 4.78 is 33.9. The molecule has 0 unspecified atom stereocenters. The van der Waals surface area contributed by atoms with Gasteiger partial charge in [0, 0.05) is 38.3 Å². The zero-order valence-corrected chi connectivity index (χ0v) is 28.3. The summed E-state index contributed by atoms with van der Waals surface area (Å²) in [7, 11) is 3.15. The molecule has 3 aromatic rings. The Morgan fingerprint density at radius 1 is 1.00 bits per heavy atom. The topological polar surface area (TPSA) is 165 Å². The Labute approximate surface area is 283 Å². The van der Waals surface area contributed by atoms with Crippen molar-refractivity contribution in [2.75, 3.05) is 89.8 Å². The van der Waals surface area contributed by atoms with Crippen LogP contribution in [0.3, 0.4) is 0 Å². The smallest absolute Gasteiger partial charge is 0.332 e. The Morgan fingerprint density at radius 3 is 2.42 bits per heavy atom. The maximum Gasteiger partial charge on any atom is 0.332 e. The molecule has 0 radical (unpaired) electrons. The normalized spacial score (nSPS) is 13.5. The molecular weight excluding hydrogens is 648 g/mol. The van der Waals surface area contributed by atoms with Gasteiger partial charge in [-0.2, -0.15) is 4.98 Å². The summed E-state index contributed by atoms with van der Waals surface area (Å²) in [5, 5.41) is 6.82. The van der Waals surface area contributed by atoms with Crippen LogP contribution in [0.1, 0.15) is 19.8 Å². The lowest BCUT2D eigenvalue weighted by Crippen LogP contribution is -2.38. The molecule has 16 heteroatoms. The number of rotatable bonds is 19. The van der Waals surface area contributed by atoms with Gasteiger partial charge in [-0.1, -0.05) is 11.6 Å². The maximum atomic E-state index is 12.7.